The number of benzene rings is 1. The van der Waals surface area contributed by atoms with E-state index in [-0.39, 0.29) is 5.56 Å². The highest BCUT2D eigenvalue weighted by Crippen LogP contribution is 2.23. The molecule has 0 aliphatic rings. The molecule has 72 valence electrons. The number of hydrogen-bond donors (Lipinski definition) is 1. The Morgan fingerprint density at radius 1 is 1.36 bits per heavy atom. The maximum Gasteiger partial charge on any atom is 0.249 e. The minimum Gasteiger partial charge on any atom is -0.497 e. The largest absolute Gasteiger partial charge is 0.497 e. The molecule has 2 aromatic rings. The predicted molar refractivity (Wildman–Crippen MR) is 56.1 cm³/mol. The molecule has 3 nitrogen and oxygen atoms in total. The van der Waals surface area contributed by atoms with Crippen molar-refractivity contribution in [2.75, 3.05) is 7.11 Å². The van der Waals surface area contributed by atoms with Crippen LogP contribution in [0.1, 0.15) is 0 Å². The summed E-state index contributed by atoms with van der Waals surface area (Å²) in [7, 11) is 1.58. The second kappa shape index (κ2) is 3.35. The van der Waals surface area contributed by atoms with Gasteiger partial charge in [0.2, 0.25) is 5.56 Å². The fourth-order valence-electron chi connectivity index (χ4n) is 1.34. The molecule has 0 spiro atoms. The number of hydrogen-bond acceptors (Lipinski definition) is 2. The third-order valence-electron chi connectivity index (χ3n) is 2.01. The summed E-state index contributed by atoms with van der Waals surface area (Å²) in [5.74, 6) is 0.708. The molecule has 1 heterocycles. The van der Waals surface area contributed by atoms with Crippen LogP contribution in [0.5, 0.6) is 5.75 Å². The van der Waals surface area contributed by atoms with E-state index in [9.17, 15) is 4.79 Å². The molecule has 0 amide bonds. The molecule has 1 N–H and O–H groups in total. The number of nitrogens with one attached hydrogen (secondary N) is 1. The van der Waals surface area contributed by atoms with E-state index in [4.69, 9.17) is 16.3 Å². The highest BCUT2D eigenvalue weighted by molar-refractivity contribution is 6.34. The zero-order valence-electron chi connectivity index (χ0n) is 7.50. The van der Waals surface area contributed by atoms with Crippen molar-refractivity contribution in [3.8, 4) is 5.75 Å². The molecule has 0 saturated heterocycles. The Labute approximate surface area is 85.3 Å². The molecule has 0 aliphatic heterocycles. The normalized spacial score (nSPS) is 10.4. The van der Waals surface area contributed by atoms with Gasteiger partial charge in [0, 0.05) is 11.5 Å². The average Bonchev–Trinajstić information content (AvgIpc) is 2.16. The molecule has 0 bridgehead atoms. The van der Waals surface area contributed by atoms with Crippen molar-refractivity contribution in [2.24, 2.45) is 0 Å². The SMILES string of the molecule is COc1ccc2c(Cl)[nH]c(=O)cc2c1. The zero-order valence-corrected chi connectivity index (χ0v) is 8.26. The summed E-state index contributed by atoms with van der Waals surface area (Å²) < 4.78 is 5.05. The van der Waals surface area contributed by atoms with Crippen LogP contribution in [0.4, 0.5) is 0 Å². The minimum absolute atomic E-state index is 0.212. The average molecular weight is 210 g/mol. The third kappa shape index (κ3) is 1.46. The van der Waals surface area contributed by atoms with Gasteiger partial charge in [-0.25, -0.2) is 0 Å². The van der Waals surface area contributed by atoms with Crippen molar-refractivity contribution < 1.29 is 4.74 Å². The lowest BCUT2D eigenvalue weighted by Crippen LogP contribution is -2.03. The molecule has 0 atom stereocenters. The number of pyridine rings is 1. The standard InChI is InChI=1S/C10H8ClNO2/c1-14-7-2-3-8-6(4-7)5-9(13)12-10(8)11/h2-5H,1H3,(H,12,13). The first-order valence-electron chi connectivity index (χ1n) is 4.07. The Bertz CT molecular complexity index is 533. The lowest BCUT2D eigenvalue weighted by atomic mass is 10.2. The van der Waals surface area contributed by atoms with Crippen LogP contribution >= 0.6 is 11.6 Å². The highest BCUT2D eigenvalue weighted by atomic mass is 35.5. The lowest BCUT2D eigenvalue weighted by molar-refractivity contribution is 0.415. The van der Waals surface area contributed by atoms with E-state index >= 15 is 0 Å². The van der Waals surface area contributed by atoms with Crippen molar-refractivity contribution in [2.45, 2.75) is 0 Å². The number of aromatic nitrogens is 1. The second-order valence-electron chi connectivity index (χ2n) is 2.90. The first kappa shape index (κ1) is 9.09. The van der Waals surface area contributed by atoms with Gasteiger partial charge in [0.05, 0.1) is 7.11 Å². The maximum absolute atomic E-state index is 11.1. The number of aromatic amines is 1. The van der Waals surface area contributed by atoms with Crippen LogP contribution in [0.25, 0.3) is 10.8 Å². The van der Waals surface area contributed by atoms with E-state index in [2.05, 4.69) is 4.98 Å². The lowest BCUT2D eigenvalue weighted by Gasteiger charge is -2.02. The van der Waals surface area contributed by atoms with Crippen LogP contribution in [0.3, 0.4) is 0 Å². The van der Waals surface area contributed by atoms with E-state index in [1.54, 1.807) is 19.2 Å². The molecule has 0 fully saturated rings. The van der Waals surface area contributed by atoms with Crippen LogP contribution in [-0.4, -0.2) is 12.1 Å². The Kier molecular flexibility index (Phi) is 2.17. The second-order valence-corrected chi connectivity index (χ2v) is 3.28. The highest BCUT2D eigenvalue weighted by Gasteiger charge is 2.01. The molecule has 0 aliphatic carbocycles. The molecular weight excluding hydrogens is 202 g/mol. The number of rotatable bonds is 1. The topological polar surface area (TPSA) is 42.1 Å². The number of fused-ring (bicyclic) bond motifs is 1. The van der Waals surface area contributed by atoms with Crippen LogP contribution in [0.2, 0.25) is 5.15 Å². The predicted octanol–water partition coefficient (Wildman–Crippen LogP) is 2.19. The molecule has 0 radical (unpaired) electrons. The first-order valence-corrected chi connectivity index (χ1v) is 4.45. The fourth-order valence-corrected chi connectivity index (χ4v) is 1.61. The maximum atomic E-state index is 11.1. The molecule has 1 aromatic carbocycles. The minimum atomic E-state index is -0.212. The van der Waals surface area contributed by atoms with Gasteiger partial charge in [-0.1, -0.05) is 11.6 Å². The summed E-state index contributed by atoms with van der Waals surface area (Å²) >= 11 is 5.86. The van der Waals surface area contributed by atoms with Gasteiger partial charge < -0.3 is 9.72 Å². The van der Waals surface area contributed by atoms with E-state index in [1.807, 2.05) is 6.07 Å². The van der Waals surface area contributed by atoms with Gasteiger partial charge in [0.1, 0.15) is 10.9 Å². The van der Waals surface area contributed by atoms with Gasteiger partial charge in [-0.05, 0) is 23.6 Å². The quantitative estimate of drug-likeness (QED) is 0.732. The number of H-pyrrole nitrogens is 1. The monoisotopic (exact) mass is 209 g/mol. The van der Waals surface area contributed by atoms with Crippen molar-refractivity contribution in [3.63, 3.8) is 0 Å². The van der Waals surface area contributed by atoms with Crippen LogP contribution < -0.4 is 10.3 Å². The molecule has 1 aromatic heterocycles. The summed E-state index contributed by atoms with van der Waals surface area (Å²) in [4.78, 5) is 13.6. The third-order valence-corrected chi connectivity index (χ3v) is 2.31. The Hall–Kier alpha value is -1.48. The van der Waals surface area contributed by atoms with E-state index in [1.165, 1.54) is 6.07 Å². The van der Waals surface area contributed by atoms with Gasteiger partial charge >= 0.3 is 0 Å². The van der Waals surface area contributed by atoms with Gasteiger partial charge in [-0.3, -0.25) is 4.79 Å². The van der Waals surface area contributed by atoms with Crippen LogP contribution in [-0.2, 0) is 0 Å². The van der Waals surface area contributed by atoms with Crippen molar-refractivity contribution in [3.05, 3.63) is 39.8 Å². The molecule has 2 rings (SSSR count). The number of halogens is 1. The summed E-state index contributed by atoms with van der Waals surface area (Å²) in [6, 6.07) is 6.87. The van der Waals surface area contributed by atoms with E-state index in [0.717, 1.165) is 10.8 Å². The molecule has 14 heavy (non-hydrogen) atoms. The molecule has 4 heteroatoms. The van der Waals surface area contributed by atoms with Crippen molar-refractivity contribution >= 4 is 22.4 Å². The molecule has 0 unspecified atom stereocenters. The van der Waals surface area contributed by atoms with E-state index < -0.39 is 0 Å². The number of ether oxygens (including phenoxy) is 1. The smallest absolute Gasteiger partial charge is 0.249 e. The zero-order chi connectivity index (χ0) is 10.1. The summed E-state index contributed by atoms with van der Waals surface area (Å²) in [5.41, 5.74) is -0.212. The summed E-state index contributed by atoms with van der Waals surface area (Å²) in [5, 5.41) is 1.94. The van der Waals surface area contributed by atoms with Gasteiger partial charge in [0.15, 0.2) is 0 Å². The van der Waals surface area contributed by atoms with Crippen LogP contribution in [0.15, 0.2) is 29.1 Å². The molecular formula is C10H8ClNO2. The van der Waals surface area contributed by atoms with Crippen molar-refractivity contribution in [1.82, 2.24) is 4.98 Å². The number of methoxy groups -OCH3 is 1. The Balaban J connectivity index is 2.82. The Morgan fingerprint density at radius 2 is 2.14 bits per heavy atom. The summed E-state index contributed by atoms with van der Waals surface area (Å²) in [6.45, 7) is 0. The fraction of sp³-hybridized carbons (Fsp3) is 0.100. The van der Waals surface area contributed by atoms with Gasteiger partial charge in [0.25, 0.3) is 0 Å². The van der Waals surface area contributed by atoms with Gasteiger partial charge in [-0.15, -0.1) is 0 Å². The molecule has 0 saturated carbocycles. The Morgan fingerprint density at radius 3 is 2.86 bits per heavy atom. The first-order chi connectivity index (χ1) is 6.70. The summed E-state index contributed by atoms with van der Waals surface area (Å²) in [6.07, 6.45) is 0. The van der Waals surface area contributed by atoms with Gasteiger partial charge in [-0.2, -0.15) is 0 Å². The van der Waals surface area contributed by atoms with E-state index in [0.29, 0.717) is 10.9 Å². The van der Waals surface area contributed by atoms with Crippen molar-refractivity contribution in [1.29, 1.82) is 0 Å². The van der Waals surface area contributed by atoms with Crippen LogP contribution in [0, 0.1) is 0 Å².